The molecule has 100 valence electrons. The van der Waals surface area contributed by atoms with Crippen molar-refractivity contribution in [3.05, 3.63) is 27.1 Å². The van der Waals surface area contributed by atoms with Crippen molar-refractivity contribution in [2.24, 2.45) is 0 Å². The molecule has 0 bridgehead atoms. The van der Waals surface area contributed by atoms with Crippen molar-refractivity contribution >= 4 is 27.5 Å². The molecule has 0 aliphatic carbocycles. The van der Waals surface area contributed by atoms with Gasteiger partial charge in [0.15, 0.2) is 0 Å². The number of rotatable bonds is 6. The molecule has 0 spiro atoms. The van der Waals surface area contributed by atoms with Crippen molar-refractivity contribution < 1.29 is 9.53 Å². The van der Waals surface area contributed by atoms with E-state index in [2.05, 4.69) is 21.2 Å². The fourth-order valence-corrected chi connectivity index (χ4v) is 1.89. The van der Waals surface area contributed by atoms with Crippen LogP contribution in [0, 0.1) is 0 Å². The number of amides is 1. The first-order valence-corrected chi connectivity index (χ1v) is 6.25. The first-order chi connectivity index (χ1) is 8.54. The molecule has 0 saturated carbocycles. The Bertz CT molecular complexity index is 473. The summed E-state index contributed by atoms with van der Waals surface area (Å²) in [5.74, 6) is -0.231. The first kappa shape index (κ1) is 14.7. The van der Waals surface area contributed by atoms with E-state index in [9.17, 15) is 9.59 Å². The maximum atomic E-state index is 11.7. The number of halogens is 1. The minimum atomic E-state index is -0.281. The van der Waals surface area contributed by atoms with Gasteiger partial charge in [0.2, 0.25) is 5.91 Å². The first-order valence-electron chi connectivity index (χ1n) is 5.45. The smallest absolute Gasteiger partial charge is 0.265 e. The van der Waals surface area contributed by atoms with E-state index in [0.29, 0.717) is 23.3 Å². The van der Waals surface area contributed by atoms with E-state index in [4.69, 9.17) is 10.5 Å². The van der Waals surface area contributed by atoms with E-state index < -0.39 is 0 Å². The highest BCUT2D eigenvalue weighted by Crippen LogP contribution is 2.07. The predicted octanol–water partition coefficient (Wildman–Crippen LogP) is 0.346. The average Bonchev–Trinajstić information content (AvgIpc) is 2.31. The predicted molar refractivity (Wildman–Crippen MR) is 72.3 cm³/mol. The highest BCUT2D eigenvalue weighted by molar-refractivity contribution is 9.10. The van der Waals surface area contributed by atoms with Crippen molar-refractivity contribution in [3.63, 3.8) is 0 Å². The van der Waals surface area contributed by atoms with Crippen LogP contribution in [0.1, 0.15) is 6.42 Å². The number of pyridine rings is 1. The number of aromatic nitrogens is 1. The zero-order valence-electron chi connectivity index (χ0n) is 10.1. The third-order valence-electron chi connectivity index (χ3n) is 2.22. The summed E-state index contributed by atoms with van der Waals surface area (Å²) in [6.07, 6.45) is 2.18. The number of nitrogens with two attached hydrogens (primary N) is 1. The number of carbonyl (C=O) groups is 1. The van der Waals surface area contributed by atoms with Crippen LogP contribution in [0.15, 0.2) is 21.5 Å². The number of anilines is 1. The lowest BCUT2D eigenvalue weighted by Crippen LogP contribution is -2.33. The van der Waals surface area contributed by atoms with Crippen molar-refractivity contribution in [2.75, 3.05) is 26.0 Å². The molecule has 1 amide bonds. The number of carbonyl (C=O) groups excluding carboxylic acids is 1. The van der Waals surface area contributed by atoms with Gasteiger partial charge in [-0.15, -0.1) is 0 Å². The average molecular weight is 318 g/mol. The van der Waals surface area contributed by atoms with Crippen molar-refractivity contribution in [1.82, 2.24) is 9.88 Å². The Kier molecular flexibility index (Phi) is 5.87. The van der Waals surface area contributed by atoms with Crippen molar-refractivity contribution in [3.8, 4) is 0 Å². The Morgan fingerprint density at radius 3 is 3.00 bits per heavy atom. The van der Waals surface area contributed by atoms with Gasteiger partial charge in [0.05, 0.1) is 4.47 Å². The number of methoxy groups -OCH3 is 1. The number of nitrogens with zero attached hydrogens (tertiary/aromatic N) is 1. The van der Waals surface area contributed by atoms with Crippen LogP contribution in [0.5, 0.6) is 0 Å². The molecule has 1 rings (SSSR count). The maximum Gasteiger partial charge on any atom is 0.265 e. The number of hydrogen-bond acceptors (Lipinski definition) is 4. The molecule has 0 atom stereocenters. The van der Waals surface area contributed by atoms with Gasteiger partial charge in [-0.1, -0.05) is 0 Å². The van der Waals surface area contributed by atoms with Crippen molar-refractivity contribution in [2.45, 2.75) is 13.0 Å². The molecule has 18 heavy (non-hydrogen) atoms. The van der Waals surface area contributed by atoms with Gasteiger partial charge in [-0.25, -0.2) is 0 Å². The van der Waals surface area contributed by atoms with E-state index in [1.54, 1.807) is 7.11 Å². The molecule has 0 unspecified atom stereocenters. The monoisotopic (exact) mass is 317 g/mol. The summed E-state index contributed by atoms with van der Waals surface area (Å²) in [5.41, 5.74) is 5.75. The van der Waals surface area contributed by atoms with Crippen LogP contribution in [0.4, 0.5) is 5.69 Å². The zero-order valence-corrected chi connectivity index (χ0v) is 11.7. The van der Waals surface area contributed by atoms with Gasteiger partial charge in [0.1, 0.15) is 6.54 Å². The third kappa shape index (κ3) is 4.50. The lowest BCUT2D eigenvalue weighted by Gasteiger charge is -2.08. The molecule has 0 radical (unpaired) electrons. The molecular formula is C11H16BrN3O3. The Morgan fingerprint density at radius 2 is 2.33 bits per heavy atom. The minimum absolute atomic E-state index is 0.0462. The molecular weight excluding hydrogens is 302 g/mol. The van der Waals surface area contributed by atoms with Gasteiger partial charge in [0, 0.05) is 32.1 Å². The quantitative estimate of drug-likeness (QED) is 0.741. The topological polar surface area (TPSA) is 86.3 Å². The molecule has 6 nitrogen and oxygen atoms in total. The van der Waals surface area contributed by atoms with Crippen LogP contribution in [-0.2, 0) is 16.1 Å². The summed E-state index contributed by atoms with van der Waals surface area (Å²) in [5, 5.41) is 2.70. The maximum absolute atomic E-state index is 11.7. The van der Waals surface area contributed by atoms with E-state index in [1.807, 2.05) is 0 Å². The Labute approximate surface area is 113 Å². The number of ether oxygens (including phenoxy) is 1. The van der Waals surface area contributed by atoms with Crippen LogP contribution < -0.4 is 16.6 Å². The Morgan fingerprint density at radius 1 is 1.61 bits per heavy atom. The molecule has 0 aliphatic heterocycles. The van der Waals surface area contributed by atoms with Crippen LogP contribution in [0.2, 0.25) is 0 Å². The molecule has 0 saturated heterocycles. The number of hydrogen-bond donors (Lipinski definition) is 2. The summed E-state index contributed by atoms with van der Waals surface area (Å²) in [7, 11) is 1.60. The lowest BCUT2D eigenvalue weighted by molar-refractivity contribution is -0.121. The molecule has 1 aromatic rings. The number of nitrogen functional groups attached to an aromatic ring is 1. The summed E-state index contributed by atoms with van der Waals surface area (Å²) in [6.45, 7) is 1.06. The van der Waals surface area contributed by atoms with Gasteiger partial charge in [-0.05, 0) is 28.4 Å². The van der Waals surface area contributed by atoms with E-state index in [-0.39, 0.29) is 18.0 Å². The summed E-state index contributed by atoms with van der Waals surface area (Å²) >= 11 is 3.10. The van der Waals surface area contributed by atoms with E-state index in [0.717, 1.165) is 6.42 Å². The van der Waals surface area contributed by atoms with Gasteiger partial charge >= 0.3 is 0 Å². The standard InChI is InChI=1S/C11H16BrN3O3/c1-18-4-2-3-14-10(16)7-15-6-8(13)5-9(12)11(15)17/h5-6H,2-4,7,13H2,1H3,(H,14,16). The summed E-state index contributed by atoms with van der Waals surface area (Å²) < 4.78 is 6.47. The third-order valence-corrected chi connectivity index (χ3v) is 2.79. The second kappa shape index (κ2) is 7.17. The highest BCUT2D eigenvalue weighted by atomic mass is 79.9. The fraction of sp³-hybridized carbons (Fsp3) is 0.455. The fourth-order valence-electron chi connectivity index (χ4n) is 1.39. The van der Waals surface area contributed by atoms with E-state index >= 15 is 0 Å². The molecule has 0 aromatic carbocycles. The van der Waals surface area contributed by atoms with Crippen molar-refractivity contribution in [1.29, 1.82) is 0 Å². The van der Waals surface area contributed by atoms with Gasteiger partial charge in [-0.3, -0.25) is 9.59 Å². The molecule has 3 N–H and O–H groups in total. The lowest BCUT2D eigenvalue weighted by atomic mass is 10.4. The number of nitrogens with one attached hydrogen (secondary N) is 1. The van der Waals surface area contributed by atoms with Gasteiger partial charge in [-0.2, -0.15) is 0 Å². The second-order valence-electron chi connectivity index (χ2n) is 3.75. The second-order valence-corrected chi connectivity index (χ2v) is 4.61. The highest BCUT2D eigenvalue weighted by Gasteiger charge is 2.07. The van der Waals surface area contributed by atoms with E-state index in [1.165, 1.54) is 16.8 Å². The van der Waals surface area contributed by atoms with Gasteiger partial charge < -0.3 is 20.4 Å². The van der Waals surface area contributed by atoms with Crippen LogP contribution in [-0.4, -0.2) is 30.7 Å². The molecule has 1 aromatic heterocycles. The Balaban J connectivity index is 2.57. The van der Waals surface area contributed by atoms with Crippen LogP contribution >= 0.6 is 15.9 Å². The SMILES string of the molecule is COCCCNC(=O)Cn1cc(N)cc(Br)c1=O. The normalized spacial score (nSPS) is 10.3. The summed E-state index contributed by atoms with van der Waals surface area (Å²) in [6, 6.07) is 1.51. The Hall–Kier alpha value is -1.34. The van der Waals surface area contributed by atoms with Gasteiger partial charge in [0.25, 0.3) is 5.56 Å². The molecule has 1 heterocycles. The molecule has 0 fully saturated rings. The molecule has 0 aliphatic rings. The largest absolute Gasteiger partial charge is 0.398 e. The molecule has 7 heteroatoms. The van der Waals surface area contributed by atoms with Crippen LogP contribution in [0.25, 0.3) is 0 Å². The zero-order chi connectivity index (χ0) is 13.5. The summed E-state index contributed by atoms with van der Waals surface area (Å²) in [4.78, 5) is 23.3. The van der Waals surface area contributed by atoms with Crippen LogP contribution in [0.3, 0.4) is 0 Å². The minimum Gasteiger partial charge on any atom is -0.398 e.